The number of hydrogen-bond acceptors (Lipinski definition) is 4. The van der Waals surface area contributed by atoms with Crippen molar-refractivity contribution >= 4 is 17.3 Å². The number of aromatic carboxylic acids is 1. The minimum Gasteiger partial charge on any atom is -0.478 e. The molecule has 6 heteroatoms. The molecule has 0 amide bonds. The van der Waals surface area contributed by atoms with E-state index in [0.29, 0.717) is 23.7 Å². The molecule has 0 saturated heterocycles. The van der Waals surface area contributed by atoms with Gasteiger partial charge in [0, 0.05) is 23.9 Å². The zero-order valence-electron chi connectivity index (χ0n) is 13.1. The van der Waals surface area contributed by atoms with Gasteiger partial charge < -0.3 is 10.4 Å². The molecule has 0 unspecified atom stereocenters. The summed E-state index contributed by atoms with van der Waals surface area (Å²) in [7, 11) is 0. The third-order valence-electron chi connectivity index (χ3n) is 4.12. The molecule has 6 nitrogen and oxygen atoms in total. The van der Waals surface area contributed by atoms with E-state index in [1.807, 2.05) is 0 Å². The normalized spacial score (nSPS) is 11.5. The predicted molar refractivity (Wildman–Crippen MR) is 81.9 cm³/mol. The summed E-state index contributed by atoms with van der Waals surface area (Å²) in [6.07, 6.45) is 0. The minimum absolute atomic E-state index is 0.0134. The fourth-order valence-corrected chi connectivity index (χ4v) is 1.72. The Bertz CT molecular complexity index is 565. The van der Waals surface area contributed by atoms with Gasteiger partial charge in [0.05, 0.1) is 10.5 Å². The molecule has 0 aliphatic rings. The molecule has 2 N–H and O–H groups in total. The smallest absolute Gasteiger partial charge is 0.336 e. The maximum atomic E-state index is 11.1. The fourth-order valence-electron chi connectivity index (χ4n) is 1.72. The Morgan fingerprint density at radius 1 is 1.43 bits per heavy atom. The third-order valence-corrected chi connectivity index (χ3v) is 4.12. The number of nitrogens with zero attached hydrogens (tertiary/aromatic N) is 1. The van der Waals surface area contributed by atoms with E-state index >= 15 is 0 Å². The molecule has 0 spiro atoms. The van der Waals surface area contributed by atoms with Crippen LogP contribution < -0.4 is 5.32 Å². The lowest BCUT2D eigenvalue weighted by Gasteiger charge is -2.30. The first-order valence-electron chi connectivity index (χ1n) is 6.82. The van der Waals surface area contributed by atoms with E-state index in [1.54, 1.807) is 6.92 Å². The Labute approximate surface area is 124 Å². The summed E-state index contributed by atoms with van der Waals surface area (Å²) in [5.41, 5.74) is 0.664. The van der Waals surface area contributed by atoms with Gasteiger partial charge in [0.1, 0.15) is 0 Å². The van der Waals surface area contributed by atoms with E-state index in [1.165, 1.54) is 6.07 Å². The molecule has 0 radical (unpaired) electrons. The van der Waals surface area contributed by atoms with Gasteiger partial charge in [0.2, 0.25) is 0 Å². The number of carboxylic acids is 1. The largest absolute Gasteiger partial charge is 0.478 e. The van der Waals surface area contributed by atoms with Crippen LogP contribution in [0.25, 0.3) is 0 Å². The van der Waals surface area contributed by atoms with Crippen molar-refractivity contribution in [3.63, 3.8) is 0 Å². The summed E-state index contributed by atoms with van der Waals surface area (Å²) < 4.78 is 0. The number of nitro benzene ring substituents is 1. The zero-order valence-corrected chi connectivity index (χ0v) is 13.1. The summed E-state index contributed by atoms with van der Waals surface area (Å²) in [6, 6.07) is 2.54. The van der Waals surface area contributed by atoms with Gasteiger partial charge in [-0.05, 0) is 24.3 Å². The Morgan fingerprint density at radius 3 is 2.43 bits per heavy atom. The quantitative estimate of drug-likeness (QED) is 0.616. The molecule has 1 rings (SSSR count). The van der Waals surface area contributed by atoms with E-state index in [0.717, 1.165) is 6.07 Å². The lowest BCUT2D eigenvalue weighted by atomic mass is 9.81. The first-order valence-corrected chi connectivity index (χ1v) is 6.82. The lowest BCUT2D eigenvalue weighted by Crippen LogP contribution is -2.28. The zero-order chi connectivity index (χ0) is 16.4. The second-order valence-electron chi connectivity index (χ2n) is 6.23. The van der Waals surface area contributed by atoms with E-state index < -0.39 is 10.9 Å². The number of carboxylic acid groups (broad SMARTS) is 1. The van der Waals surface area contributed by atoms with Crippen LogP contribution in [0.3, 0.4) is 0 Å². The number of rotatable bonds is 6. The van der Waals surface area contributed by atoms with Gasteiger partial charge >= 0.3 is 5.97 Å². The van der Waals surface area contributed by atoms with Crippen molar-refractivity contribution in [3.05, 3.63) is 33.4 Å². The topological polar surface area (TPSA) is 92.5 Å². The van der Waals surface area contributed by atoms with E-state index in [2.05, 4.69) is 33.0 Å². The Kier molecular flexibility index (Phi) is 4.93. The van der Waals surface area contributed by atoms with Crippen LogP contribution in [0, 0.1) is 28.4 Å². The van der Waals surface area contributed by atoms with Crippen molar-refractivity contribution in [1.82, 2.24) is 0 Å². The fraction of sp³-hybridized carbons (Fsp3) is 0.533. The molecular formula is C15H22N2O4. The highest BCUT2D eigenvalue weighted by Crippen LogP contribution is 2.31. The second kappa shape index (κ2) is 6.11. The Hall–Kier alpha value is -2.11. The molecule has 1 aromatic rings. The van der Waals surface area contributed by atoms with Crippen LogP contribution in [0.4, 0.5) is 11.4 Å². The first kappa shape index (κ1) is 16.9. The molecule has 0 atom stereocenters. The molecule has 0 aromatic heterocycles. The highest BCUT2D eigenvalue weighted by Gasteiger charge is 2.24. The van der Waals surface area contributed by atoms with Crippen molar-refractivity contribution in [2.45, 2.75) is 34.6 Å². The highest BCUT2D eigenvalue weighted by molar-refractivity contribution is 5.90. The van der Waals surface area contributed by atoms with Gasteiger partial charge in [-0.25, -0.2) is 4.79 Å². The van der Waals surface area contributed by atoms with Crippen LogP contribution in [0.5, 0.6) is 0 Å². The lowest BCUT2D eigenvalue weighted by molar-refractivity contribution is -0.385. The van der Waals surface area contributed by atoms with Crippen LogP contribution in [-0.2, 0) is 0 Å². The molecule has 0 fully saturated rings. The monoisotopic (exact) mass is 294 g/mol. The summed E-state index contributed by atoms with van der Waals surface area (Å²) >= 11 is 0. The number of nitrogens with one attached hydrogen (secondary N) is 1. The molecule has 0 aliphatic heterocycles. The predicted octanol–water partition coefficient (Wildman–Crippen LogP) is 3.70. The molecule has 116 valence electrons. The van der Waals surface area contributed by atoms with Gasteiger partial charge in [0.25, 0.3) is 5.69 Å². The number of hydrogen-bond donors (Lipinski definition) is 2. The molecular weight excluding hydrogens is 272 g/mol. The van der Waals surface area contributed by atoms with Crippen LogP contribution >= 0.6 is 0 Å². The second-order valence-corrected chi connectivity index (χ2v) is 6.23. The number of anilines is 1. The highest BCUT2D eigenvalue weighted by atomic mass is 16.6. The van der Waals surface area contributed by atoms with Crippen molar-refractivity contribution < 1.29 is 14.8 Å². The average Bonchev–Trinajstić information content (AvgIpc) is 2.36. The van der Waals surface area contributed by atoms with Gasteiger partial charge in [0.15, 0.2) is 0 Å². The van der Waals surface area contributed by atoms with Gasteiger partial charge in [-0.1, -0.05) is 27.7 Å². The number of carbonyl (C=O) groups is 1. The van der Waals surface area contributed by atoms with E-state index in [4.69, 9.17) is 5.11 Å². The van der Waals surface area contributed by atoms with Crippen LogP contribution in [0.15, 0.2) is 12.1 Å². The molecule has 0 bridgehead atoms. The number of nitro groups is 1. The maximum absolute atomic E-state index is 11.1. The molecule has 0 saturated carbocycles. The third kappa shape index (κ3) is 3.93. The molecule has 0 heterocycles. The van der Waals surface area contributed by atoms with Crippen LogP contribution in [0.1, 0.15) is 43.6 Å². The van der Waals surface area contributed by atoms with E-state index in [-0.39, 0.29) is 16.7 Å². The van der Waals surface area contributed by atoms with Crippen molar-refractivity contribution in [2.75, 3.05) is 11.9 Å². The molecule has 1 aromatic carbocycles. The molecule has 21 heavy (non-hydrogen) atoms. The summed E-state index contributed by atoms with van der Waals surface area (Å²) in [6.45, 7) is 10.6. The van der Waals surface area contributed by atoms with E-state index in [9.17, 15) is 14.9 Å². The SMILES string of the molecule is Cc1c(NCC(C)(C)C(C)C)cc(C(=O)O)cc1[N+](=O)[O-]. The minimum atomic E-state index is -1.18. The van der Waals surface area contributed by atoms with Crippen LogP contribution in [0.2, 0.25) is 0 Å². The van der Waals surface area contributed by atoms with Crippen LogP contribution in [-0.4, -0.2) is 22.5 Å². The summed E-state index contributed by atoms with van der Waals surface area (Å²) in [4.78, 5) is 21.6. The maximum Gasteiger partial charge on any atom is 0.336 e. The summed E-state index contributed by atoms with van der Waals surface area (Å²) in [5, 5.41) is 23.3. The average molecular weight is 294 g/mol. The Balaban J connectivity index is 3.17. The number of benzene rings is 1. The van der Waals surface area contributed by atoms with Gasteiger partial charge in [-0.3, -0.25) is 10.1 Å². The standard InChI is InChI=1S/C15H22N2O4/c1-9(2)15(4,5)8-16-12-6-11(14(18)19)7-13(10(12)3)17(20)21/h6-7,9,16H,8H2,1-5H3,(H,18,19). The Morgan fingerprint density at radius 2 is 2.00 bits per heavy atom. The van der Waals surface area contributed by atoms with Crippen molar-refractivity contribution in [3.8, 4) is 0 Å². The van der Waals surface area contributed by atoms with Crippen molar-refractivity contribution in [1.29, 1.82) is 0 Å². The summed E-state index contributed by atoms with van der Waals surface area (Å²) in [5.74, 6) is -0.757. The molecule has 0 aliphatic carbocycles. The van der Waals surface area contributed by atoms with Crippen molar-refractivity contribution in [2.24, 2.45) is 11.3 Å². The first-order chi connectivity index (χ1) is 9.56. The van der Waals surface area contributed by atoms with Gasteiger partial charge in [-0.2, -0.15) is 0 Å². The van der Waals surface area contributed by atoms with Gasteiger partial charge in [-0.15, -0.1) is 0 Å².